The van der Waals surface area contributed by atoms with Crippen molar-refractivity contribution in [2.24, 2.45) is 0 Å². The molecule has 0 radical (unpaired) electrons. The van der Waals surface area contributed by atoms with Gasteiger partial charge in [0, 0.05) is 11.3 Å². The molecule has 33 heavy (non-hydrogen) atoms. The Kier molecular flexibility index (Phi) is 5.92. The molecular weight excluding hydrogens is 418 g/mol. The molecule has 1 atom stereocenters. The van der Waals surface area contributed by atoms with Gasteiger partial charge >= 0.3 is 0 Å². The van der Waals surface area contributed by atoms with E-state index in [9.17, 15) is 14.7 Å². The van der Waals surface area contributed by atoms with Crippen molar-refractivity contribution in [2.75, 3.05) is 19.1 Å². The lowest BCUT2D eigenvalue weighted by molar-refractivity contribution is -0.132. The van der Waals surface area contributed by atoms with Crippen LogP contribution in [0.1, 0.15) is 28.3 Å². The zero-order valence-electron chi connectivity index (χ0n) is 19.0. The Labute approximate surface area is 192 Å². The number of ether oxygens (including phenoxy) is 2. The molecule has 168 valence electrons. The van der Waals surface area contributed by atoms with Crippen molar-refractivity contribution in [3.8, 4) is 11.5 Å². The van der Waals surface area contributed by atoms with Crippen molar-refractivity contribution in [1.82, 2.24) is 0 Å². The van der Waals surface area contributed by atoms with Crippen molar-refractivity contribution < 1.29 is 24.2 Å². The van der Waals surface area contributed by atoms with Crippen LogP contribution in [0.3, 0.4) is 0 Å². The van der Waals surface area contributed by atoms with Gasteiger partial charge in [-0.2, -0.15) is 0 Å². The number of nitrogens with zero attached hydrogens (tertiary/aromatic N) is 1. The Hall–Kier alpha value is -4.06. The van der Waals surface area contributed by atoms with Gasteiger partial charge < -0.3 is 14.6 Å². The molecule has 3 aromatic carbocycles. The molecule has 0 spiro atoms. The first-order valence-corrected chi connectivity index (χ1v) is 10.5. The molecule has 6 heteroatoms. The highest BCUT2D eigenvalue weighted by Gasteiger charge is 2.47. The van der Waals surface area contributed by atoms with Crippen molar-refractivity contribution in [1.29, 1.82) is 0 Å². The summed E-state index contributed by atoms with van der Waals surface area (Å²) in [6, 6.07) is 18.9. The van der Waals surface area contributed by atoms with Gasteiger partial charge in [-0.3, -0.25) is 14.5 Å². The number of aryl methyl sites for hydroxylation is 2. The SMILES string of the molecule is COc1ccc(C2/C(=C(\O)c3cc(C)c(OC)cc3C)C(=O)C(=O)N2c2ccccc2)cc1. The van der Waals surface area contributed by atoms with E-state index in [1.807, 2.05) is 19.9 Å². The first kappa shape index (κ1) is 22.1. The molecule has 1 unspecified atom stereocenters. The molecule has 4 rings (SSSR count). The first-order chi connectivity index (χ1) is 15.9. The number of ketones is 1. The van der Waals surface area contributed by atoms with Gasteiger partial charge in [0.15, 0.2) is 0 Å². The van der Waals surface area contributed by atoms with Crippen molar-refractivity contribution in [3.63, 3.8) is 0 Å². The van der Waals surface area contributed by atoms with Crippen molar-refractivity contribution in [3.05, 3.63) is 94.6 Å². The second-order valence-corrected chi connectivity index (χ2v) is 7.91. The molecule has 1 N–H and O–H groups in total. The first-order valence-electron chi connectivity index (χ1n) is 10.5. The molecule has 1 aliphatic rings. The second-order valence-electron chi connectivity index (χ2n) is 7.91. The number of hydrogen-bond acceptors (Lipinski definition) is 5. The molecule has 6 nitrogen and oxygen atoms in total. The Morgan fingerprint density at radius 1 is 0.879 bits per heavy atom. The van der Waals surface area contributed by atoms with E-state index in [0.29, 0.717) is 28.3 Å². The number of carbonyl (C=O) groups is 2. The highest BCUT2D eigenvalue weighted by molar-refractivity contribution is 6.51. The summed E-state index contributed by atoms with van der Waals surface area (Å²) in [7, 11) is 3.15. The van der Waals surface area contributed by atoms with Crippen LogP contribution in [0.5, 0.6) is 11.5 Å². The zero-order chi connectivity index (χ0) is 23.7. The van der Waals surface area contributed by atoms with E-state index < -0.39 is 17.7 Å². The summed E-state index contributed by atoms with van der Waals surface area (Å²) in [5.41, 5.74) is 3.32. The maximum Gasteiger partial charge on any atom is 0.300 e. The quantitative estimate of drug-likeness (QED) is 0.343. The third-order valence-corrected chi connectivity index (χ3v) is 5.91. The third-order valence-electron chi connectivity index (χ3n) is 5.91. The minimum atomic E-state index is -0.792. The number of aliphatic hydroxyl groups excluding tert-OH is 1. The standard InChI is InChI=1S/C27H25NO5/c1-16-15-22(33-4)17(2)14-21(16)25(29)23-24(18-10-12-20(32-3)13-11-18)28(27(31)26(23)30)19-8-6-5-7-9-19/h5-15,24,29H,1-4H3/b25-23+. The summed E-state index contributed by atoms with van der Waals surface area (Å²) in [4.78, 5) is 27.9. The largest absolute Gasteiger partial charge is 0.507 e. The third kappa shape index (κ3) is 3.84. The summed E-state index contributed by atoms with van der Waals surface area (Å²) >= 11 is 0. The Balaban J connectivity index is 1.95. The zero-order valence-corrected chi connectivity index (χ0v) is 19.0. The fraction of sp³-hybridized carbons (Fsp3) is 0.185. The highest BCUT2D eigenvalue weighted by atomic mass is 16.5. The molecule has 0 bridgehead atoms. The molecule has 0 aromatic heterocycles. The van der Waals surface area contributed by atoms with Gasteiger partial charge in [-0.25, -0.2) is 0 Å². The lowest BCUT2D eigenvalue weighted by atomic mass is 9.93. The fourth-order valence-corrected chi connectivity index (χ4v) is 4.20. The summed E-state index contributed by atoms with van der Waals surface area (Å²) < 4.78 is 10.6. The molecule has 1 heterocycles. The highest BCUT2D eigenvalue weighted by Crippen LogP contribution is 2.43. The van der Waals surface area contributed by atoms with Crippen molar-refractivity contribution >= 4 is 23.1 Å². The van der Waals surface area contributed by atoms with E-state index in [0.717, 1.165) is 11.1 Å². The number of rotatable bonds is 5. The van der Waals surface area contributed by atoms with Gasteiger partial charge in [0.2, 0.25) is 0 Å². The van der Waals surface area contributed by atoms with Crippen LogP contribution in [0.25, 0.3) is 5.76 Å². The summed E-state index contributed by atoms with van der Waals surface area (Å²) in [6.07, 6.45) is 0. The fourth-order valence-electron chi connectivity index (χ4n) is 4.20. The average molecular weight is 443 g/mol. The van der Waals surface area contributed by atoms with Crippen LogP contribution < -0.4 is 14.4 Å². The Morgan fingerprint density at radius 3 is 2.15 bits per heavy atom. The van der Waals surface area contributed by atoms with Gasteiger partial charge in [0.05, 0.1) is 25.8 Å². The summed E-state index contributed by atoms with van der Waals surface area (Å²) in [6.45, 7) is 3.69. The molecule has 0 saturated carbocycles. The smallest absolute Gasteiger partial charge is 0.300 e. The topological polar surface area (TPSA) is 76.1 Å². The number of amides is 1. The lowest BCUT2D eigenvalue weighted by Crippen LogP contribution is -2.29. The number of methoxy groups -OCH3 is 2. The number of carbonyl (C=O) groups excluding carboxylic acids is 2. The predicted octanol–water partition coefficient (Wildman–Crippen LogP) is 4.95. The van der Waals surface area contributed by atoms with Gasteiger partial charge in [0.1, 0.15) is 17.3 Å². The average Bonchev–Trinajstić information content (AvgIpc) is 3.10. The predicted molar refractivity (Wildman–Crippen MR) is 127 cm³/mol. The Bertz CT molecular complexity index is 1250. The lowest BCUT2D eigenvalue weighted by Gasteiger charge is -2.25. The number of para-hydroxylation sites is 1. The number of benzene rings is 3. The van der Waals surface area contributed by atoms with E-state index in [1.54, 1.807) is 74.9 Å². The molecule has 1 saturated heterocycles. The van der Waals surface area contributed by atoms with E-state index in [-0.39, 0.29) is 11.3 Å². The van der Waals surface area contributed by atoms with Crippen LogP contribution in [0.15, 0.2) is 72.3 Å². The number of anilines is 1. The van der Waals surface area contributed by atoms with Crippen LogP contribution in [-0.4, -0.2) is 31.0 Å². The molecule has 0 aliphatic carbocycles. The van der Waals surface area contributed by atoms with Crippen LogP contribution in [0.2, 0.25) is 0 Å². The number of aliphatic hydroxyl groups is 1. The molecule has 1 fully saturated rings. The number of Topliss-reactive ketones (excluding diaryl/α,β-unsaturated/α-hetero) is 1. The maximum atomic E-state index is 13.3. The van der Waals surface area contributed by atoms with Crippen LogP contribution in [0.4, 0.5) is 5.69 Å². The Morgan fingerprint density at radius 2 is 1.55 bits per heavy atom. The maximum absolute atomic E-state index is 13.3. The van der Waals surface area contributed by atoms with Crippen LogP contribution in [-0.2, 0) is 9.59 Å². The summed E-state index contributed by atoms with van der Waals surface area (Å²) in [5.74, 6) is -0.301. The van der Waals surface area contributed by atoms with Gasteiger partial charge in [-0.1, -0.05) is 30.3 Å². The number of hydrogen-bond donors (Lipinski definition) is 1. The molecule has 3 aromatic rings. The molecule has 1 aliphatic heterocycles. The second kappa shape index (κ2) is 8.82. The summed E-state index contributed by atoms with van der Waals surface area (Å²) in [5, 5.41) is 11.4. The van der Waals surface area contributed by atoms with Crippen molar-refractivity contribution in [2.45, 2.75) is 19.9 Å². The minimum absolute atomic E-state index is 0.0432. The van der Waals surface area contributed by atoms with Crippen LogP contribution in [0, 0.1) is 13.8 Å². The molecular formula is C27H25NO5. The van der Waals surface area contributed by atoms with E-state index in [1.165, 1.54) is 4.90 Å². The van der Waals surface area contributed by atoms with E-state index >= 15 is 0 Å². The van der Waals surface area contributed by atoms with Gasteiger partial charge in [-0.05, 0) is 66.9 Å². The van der Waals surface area contributed by atoms with E-state index in [2.05, 4.69) is 0 Å². The van der Waals surface area contributed by atoms with Crippen LogP contribution >= 0.6 is 0 Å². The monoisotopic (exact) mass is 443 g/mol. The van der Waals surface area contributed by atoms with Gasteiger partial charge in [0.25, 0.3) is 11.7 Å². The minimum Gasteiger partial charge on any atom is -0.507 e. The van der Waals surface area contributed by atoms with Gasteiger partial charge in [-0.15, -0.1) is 0 Å². The normalized spacial score (nSPS) is 17.3. The molecule has 1 amide bonds. The van der Waals surface area contributed by atoms with E-state index in [4.69, 9.17) is 9.47 Å².